The summed E-state index contributed by atoms with van der Waals surface area (Å²) >= 11 is 8.84. The molecule has 6 nitrogen and oxygen atoms in total. The number of nitrogens with zero attached hydrogens (tertiary/aromatic N) is 4. The second kappa shape index (κ2) is 7.83. The Kier molecular flexibility index (Phi) is 5.25. The summed E-state index contributed by atoms with van der Waals surface area (Å²) in [4.78, 5) is 22.8. The number of aryl methyl sites for hydroxylation is 1. The summed E-state index contributed by atoms with van der Waals surface area (Å²) in [5.41, 5.74) is 2.64. The largest absolute Gasteiger partial charge is 0.345 e. The molecule has 4 aromatic rings. The van der Waals surface area contributed by atoms with Crippen molar-refractivity contribution in [2.75, 3.05) is 0 Å². The summed E-state index contributed by atoms with van der Waals surface area (Å²) in [6, 6.07) is 11.5. The van der Waals surface area contributed by atoms with Crippen molar-refractivity contribution in [1.82, 2.24) is 25.1 Å². The third-order valence-electron chi connectivity index (χ3n) is 4.21. The average Bonchev–Trinajstić information content (AvgIpc) is 3.42. The highest BCUT2D eigenvalue weighted by molar-refractivity contribution is 7.24. The van der Waals surface area contributed by atoms with Crippen LogP contribution in [-0.4, -0.2) is 25.7 Å². The molecule has 0 saturated heterocycles. The first-order valence-corrected chi connectivity index (χ1v) is 10.5. The van der Waals surface area contributed by atoms with E-state index in [1.807, 2.05) is 50.2 Å². The van der Waals surface area contributed by atoms with Gasteiger partial charge in [-0.1, -0.05) is 23.7 Å². The fourth-order valence-electron chi connectivity index (χ4n) is 2.74. The molecule has 0 aliphatic carbocycles. The molecule has 0 fully saturated rings. The van der Waals surface area contributed by atoms with Crippen molar-refractivity contribution in [3.63, 3.8) is 0 Å². The van der Waals surface area contributed by atoms with E-state index >= 15 is 0 Å². The van der Waals surface area contributed by atoms with Crippen molar-refractivity contribution >= 4 is 40.2 Å². The van der Waals surface area contributed by atoms with Crippen LogP contribution in [0.3, 0.4) is 0 Å². The van der Waals surface area contributed by atoms with Gasteiger partial charge in [0.15, 0.2) is 0 Å². The van der Waals surface area contributed by atoms with Crippen molar-refractivity contribution in [3.8, 4) is 15.6 Å². The highest BCUT2D eigenvalue weighted by atomic mass is 35.5. The maximum Gasteiger partial charge on any atom is 0.263 e. The fraction of sp³-hybridized carbons (Fsp3) is 0.158. The number of nitrogens with one attached hydrogen (secondary N) is 1. The van der Waals surface area contributed by atoms with Crippen LogP contribution in [0.25, 0.3) is 15.6 Å². The number of benzene rings is 1. The van der Waals surface area contributed by atoms with Crippen LogP contribution in [-0.2, 0) is 0 Å². The number of thiazole rings is 1. The summed E-state index contributed by atoms with van der Waals surface area (Å²) in [7, 11) is 0. The fourth-order valence-corrected chi connectivity index (χ4v) is 4.81. The van der Waals surface area contributed by atoms with Crippen LogP contribution in [0.2, 0.25) is 4.34 Å². The van der Waals surface area contributed by atoms with Gasteiger partial charge in [-0.15, -0.1) is 22.7 Å². The minimum atomic E-state index is -0.140. The molecule has 142 valence electrons. The predicted octanol–water partition coefficient (Wildman–Crippen LogP) is 4.91. The standard InChI is InChI=1S/C19H16ClN5OS2/c1-11(13-3-5-14(6-4-13)25-10-21-9-22-25)23-18(26)17-12(2)24-19(28-17)15-7-8-16(20)27-15/h3-11H,1-2H3,(H,23,26). The van der Waals surface area contributed by atoms with E-state index in [2.05, 4.69) is 20.4 Å². The number of rotatable bonds is 5. The van der Waals surface area contributed by atoms with Crippen molar-refractivity contribution in [3.05, 3.63) is 69.5 Å². The van der Waals surface area contributed by atoms with Gasteiger partial charge in [0.1, 0.15) is 22.5 Å². The van der Waals surface area contributed by atoms with Crippen LogP contribution in [0.4, 0.5) is 0 Å². The Morgan fingerprint density at radius 2 is 1.96 bits per heavy atom. The van der Waals surface area contributed by atoms with Crippen LogP contribution in [0.5, 0.6) is 0 Å². The zero-order valence-corrected chi connectivity index (χ0v) is 17.5. The second-order valence-electron chi connectivity index (χ2n) is 6.16. The molecule has 0 aliphatic heterocycles. The van der Waals surface area contributed by atoms with E-state index in [-0.39, 0.29) is 11.9 Å². The van der Waals surface area contributed by atoms with Gasteiger partial charge in [0, 0.05) is 0 Å². The SMILES string of the molecule is Cc1nc(-c2ccc(Cl)s2)sc1C(=O)NC(C)c1ccc(-n2cncn2)cc1. The zero-order valence-electron chi connectivity index (χ0n) is 15.1. The van der Waals surface area contributed by atoms with Gasteiger partial charge in [-0.05, 0) is 43.7 Å². The molecule has 0 saturated carbocycles. The number of carbonyl (C=O) groups is 1. The molecule has 1 aromatic carbocycles. The Balaban J connectivity index is 1.48. The van der Waals surface area contributed by atoms with E-state index in [9.17, 15) is 4.79 Å². The molecule has 3 heterocycles. The third-order valence-corrected chi connectivity index (χ3v) is 6.77. The lowest BCUT2D eigenvalue weighted by Gasteiger charge is -2.14. The normalized spacial score (nSPS) is 12.1. The van der Waals surface area contributed by atoms with Gasteiger partial charge in [0.25, 0.3) is 5.91 Å². The topological polar surface area (TPSA) is 72.7 Å². The van der Waals surface area contributed by atoms with Crippen molar-refractivity contribution in [2.45, 2.75) is 19.9 Å². The van der Waals surface area contributed by atoms with E-state index in [0.717, 1.165) is 26.8 Å². The Hall–Kier alpha value is -2.55. The first-order valence-electron chi connectivity index (χ1n) is 8.50. The van der Waals surface area contributed by atoms with Gasteiger partial charge in [-0.25, -0.2) is 14.6 Å². The molecule has 1 atom stereocenters. The van der Waals surface area contributed by atoms with Gasteiger partial charge in [-0.2, -0.15) is 5.10 Å². The zero-order chi connectivity index (χ0) is 19.7. The number of aromatic nitrogens is 4. The maximum absolute atomic E-state index is 12.8. The molecule has 1 unspecified atom stereocenters. The number of hydrogen-bond donors (Lipinski definition) is 1. The summed E-state index contributed by atoms with van der Waals surface area (Å²) < 4.78 is 2.39. The molecule has 1 N–H and O–H groups in total. The van der Waals surface area contributed by atoms with Crippen molar-refractivity contribution < 1.29 is 4.79 Å². The highest BCUT2D eigenvalue weighted by Crippen LogP contribution is 2.35. The second-order valence-corrected chi connectivity index (χ2v) is 8.88. The summed E-state index contributed by atoms with van der Waals surface area (Å²) in [6.45, 7) is 3.81. The third kappa shape index (κ3) is 3.84. The van der Waals surface area contributed by atoms with E-state index in [1.165, 1.54) is 29.0 Å². The van der Waals surface area contributed by atoms with Gasteiger partial charge in [0.05, 0.1) is 26.6 Å². The minimum Gasteiger partial charge on any atom is -0.345 e. The predicted molar refractivity (Wildman–Crippen MR) is 112 cm³/mol. The lowest BCUT2D eigenvalue weighted by atomic mass is 10.1. The monoisotopic (exact) mass is 429 g/mol. The summed E-state index contributed by atoms with van der Waals surface area (Å²) in [5, 5.41) is 7.97. The van der Waals surface area contributed by atoms with E-state index in [4.69, 9.17) is 11.6 Å². The maximum atomic E-state index is 12.8. The first kappa shape index (κ1) is 18.8. The Labute approximate surface area is 174 Å². The van der Waals surface area contributed by atoms with Gasteiger partial charge >= 0.3 is 0 Å². The van der Waals surface area contributed by atoms with Crippen molar-refractivity contribution in [2.24, 2.45) is 0 Å². The van der Waals surface area contributed by atoms with Crippen LogP contribution >= 0.6 is 34.3 Å². The summed E-state index contributed by atoms with van der Waals surface area (Å²) in [5.74, 6) is -0.128. The van der Waals surface area contributed by atoms with Crippen LogP contribution in [0.1, 0.15) is 33.9 Å². The molecular weight excluding hydrogens is 414 g/mol. The highest BCUT2D eigenvalue weighted by Gasteiger charge is 2.19. The van der Waals surface area contributed by atoms with E-state index < -0.39 is 0 Å². The number of halogens is 1. The molecule has 1 amide bonds. The molecule has 0 aliphatic rings. The van der Waals surface area contributed by atoms with Gasteiger partial charge < -0.3 is 5.32 Å². The van der Waals surface area contributed by atoms with Crippen LogP contribution < -0.4 is 5.32 Å². The first-order chi connectivity index (χ1) is 13.5. The average molecular weight is 430 g/mol. The molecule has 9 heteroatoms. The molecule has 3 aromatic heterocycles. The minimum absolute atomic E-state index is 0.128. The van der Waals surface area contributed by atoms with Crippen molar-refractivity contribution in [1.29, 1.82) is 0 Å². The quantitative estimate of drug-likeness (QED) is 0.489. The Morgan fingerprint density at radius 1 is 1.18 bits per heavy atom. The lowest BCUT2D eigenvalue weighted by Crippen LogP contribution is -2.26. The van der Waals surface area contributed by atoms with Gasteiger partial charge in [-0.3, -0.25) is 4.79 Å². The molecule has 4 rings (SSSR count). The Bertz CT molecular complexity index is 1100. The number of amides is 1. The smallest absolute Gasteiger partial charge is 0.263 e. The molecule has 0 bridgehead atoms. The Morgan fingerprint density at radius 3 is 2.61 bits per heavy atom. The van der Waals surface area contributed by atoms with Crippen LogP contribution in [0, 0.1) is 6.92 Å². The lowest BCUT2D eigenvalue weighted by molar-refractivity contribution is 0.0943. The molecule has 28 heavy (non-hydrogen) atoms. The molecule has 0 radical (unpaired) electrons. The van der Waals surface area contributed by atoms with Gasteiger partial charge in [0.2, 0.25) is 0 Å². The molecular formula is C19H16ClN5OS2. The number of hydrogen-bond acceptors (Lipinski definition) is 6. The van der Waals surface area contributed by atoms with Crippen LogP contribution in [0.15, 0.2) is 49.1 Å². The van der Waals surface area contributed by atoms with E-state index in [0.29, 0.717) is 9.21 Å². The number of carbonyl (C=O) groups excluding carboxylic acids is 1. The number of thiophene rings is 1. The van der Waals surface area contributed by atoms with E-state index in [1.54, 1.807) is 11.0 Å². The molecule has 0 spiro atoms. The summed E-state index contributed by atoms with van der Waals surface area (Å²) in [6.07, 6.45) is 3.14.